The molecule has 68 heavy (non-hydrogen) atoms. The van der Waals surface area contributed by atoms with Gasteiger partial charge in [-0.05, 0) is 88.4 Å². The topological polar surface area (TPSA) is 176 Å². The van der Waals surface area contributed by atoms with Crippen LogP contribution in [0.25, 0.3) is 12.2 Å². The van der Waals surface area contributed by atoms with Crippen molar-refractivity contribution in [2.45, 2.75) is 185 Å². The zero-order valence-corrected chi connectivity index (χ0v) is 40.8. The third-order valence-electron chi connectivity index (χ3n) is 14.0. The van der Waals surface area contributed by atoms with E-state index in [0.717, 1.165) is 23.1 Å². The Kier molecular flexibility index (Phi) is 18.0. The molecular weight excluding hydrogens is 863 g/mol. The number of aromatic nitrogens is 2. The molecule has 0 saturated carbocycles. The van der Waals surface area contributed by atoms with E-state index >= 15 is 0 Å². The van der Waals surface area contributed by atoms with Crippen LogP contribution in [0.4, 0.5) is 0 Å². The lowest BCUT2D eigenvalue weighted by Gasteiger charge is -2.44. The largest absolute Gasteiger partial charge is 0.458 e. The third-order valence-corrected chi connectivity index (χ3v) is 14.0. The molecule has 7 rings (SSSR count). The Hall–Kier alpha value is -4.15. The van der Waals surface area contributed by atoms with Crippen LogP contribution in [0.1, 0.15) is 135 Å². The van der Waals surface area contributed by atoms with E-state index in [9.17, 15) is 20.1 Å². The van der Waals surface area contributed by atoms with Gasteiger partial charge in [-0.25, -0.2) is 14.8 Å². The number of hydrogen-bond donors (Lipinski definition) is 3. The summed E-state index contributed by atoms with van der Waals surface area (Å²) in [5.74, 6) is -1.30. The summed E-state index contributed by atoms with van der Waals surface area (Å²) in [6.45, 7) is 16.4. The second-order valence-electron chi connectivity index (χ2n) is 20.3. The average molecular weight is 937 g/mol. The molecule has 0 aliphatic carbocycles. The van der Waals surface area contributed by atoms with Crippen LogP contribution in [0.5, 0.6) is 0 Å². The molecule has 7 heterocycles. The van der Waals surface area contributed by atoms with Crippen LogP contribution in [-0.2, 0) is 34.9 Å². The zero-order valence-electron chi connectivity index (χ0n) is 40.8. The minimum Gasteiger partial charge on any atom is -0.458 e. The Morgan fingerprint density at radius 1 is 0.956 bits per heavy atom. The van der Waals surface area contributed by atoms with E-state index in [-0.39, 0.29) is 48.6 Å². The molecule has 15 atom stereocenters. The molecule has 5 aliphatic rings. The minimum atomic E-state index is -1.59. The molecule has 4 fully saturated rings. The van der Waals surface area contributed by atoms with Crippen molar-refractivity contribution >= 4 is 26.0 Å². The molecule has 0 spiro atoms. The van der Waals surface area contributed by atoms with Crippen molar-refractivity contribution in [3.63, 3.8) is 0 Å². The molecule has 14 heteroatoms. The normalized spacial score (nSPS) is 36.5. The van der Waals surface area contributed by atoms with E-state index in [4.69, 9.17) is 50.3 Å². The Morgan fingerprint density at radius 3 is 2.56 bits per heavy atom. The van der Waals surface area contributed by atoms with Crippen LogP contribution >= 0.6 is 0 Å². The number of fused-ring (bicyclic) bond motifs is 9. The van der Waals surface area contributed by atoms with Crippen LogP contribution < -0.4 is 0 Å². The zero-order chi connectivity index (χ0) is 48.5. The number of aliphatic hydroxyl groups excluding tert-OH is 2. The Morgan fingerprint density at radius 2 is 1.75 bits per heavy atom. The highest BCUT2D eigenvalue weighted by Gasteiger charge is 2.45. The Bertz CT molecular complexity index is 2190. The number of aliphatic hydroxyl groups is 3. The van der Waals surface area contributed by atoms with Gasteiger partial charge in [-0.2, -0.15) is 0 Å². The number of allylic oxidation sites excluding steroid dienone is 5. The van der Waals surface area contributed by atoms with Gasteiger partial charge in [0.05, 0.1) is 63.1 Å². The Labute approximate surface area is 403 Å². The molecule has 5 aliphatic heterocycles. The van der Waals surface area contributed by atoms with Crippen LogP contribution in [0.15, 0.2) is 93.3 Å². The van der Waals surface area contributed by atoms with Crippen LogP contribution in [0.2, 0.25) is 6.32 Å². The first kappa shape index (κ1) is 51.7. The molecule has 13 nitrogen and oxygen atoms in total. The highest BCUT2D eigenvalue weighted by Crippen LogP contribution is 2.40. The van der Waals surface area contributed by atoms with Gasteiger partial charge < -0.3 is 47.8 Å². The summed E-state index contributed by atoms with van der Waals surface area (Å²) in [7, 11) is 5.56. The lowest BCUT2D eigenvalue weighted by atomic mass is 9.79. The molecule has 2 radical (unpaired) electrons. The van der Waals surface area contributed by atoms with Crippen molar-refractivity contribution in [2.24, 2.45) is 23.7 Å². The fraction of sp³-hybridized carbons (Fsp3) is 0.611. The van der Waals surface area contributed by atoms with Crippen LogP contribution in [0.3, 0.4) is 0 Å². The number of hydrogen-bond acceptors (Lipinski definition) is 13. The molecule has 4 saturated heterocycles. The van der Waals surface area contributed by atoms with Crippen LogP contribution in [0, 0.1) is 23.7 Å². The molecule has 0 aromatic carbocycles. The molecule has 368 valence electrons. The minimum absolute atomic E-state index is 0.00204. The standard InChI is InChI=1S/C54H73BN2O11/c1-32(12-8-9-19-55)17-18-33(2)22-45(59)48-23-35(4)28-54(61,68-48)29-50-56-39(30-62-50)24-36(5)52-38(7)53-37(6)46(66-52)14-11-15-49-57-44(31-63-49)47-26-40(58)25-43(65-47)27-42-21-34(3)20-41(64-42)13-10-16-51(60)67-53/h8-11,15-18,22,24,30-32,35,37-38,40-43,45-48,52-53,58-59,61H,3,12-14,19-21,23,25-29H2,1-2,4-7H3/b9-8+,15-11+,16-10-,18-17+,33-22+,36-24+/t32-,35-,37+,38+,40-,41+,42-,43+,45-,46-,47-,48-,52+,53+,54+/m1/s1. The molecule has 2 aromatic heterocycles. The highest BCUT2D eigenvalue weighted by atomic mass is 16.6. The number of carbonyl (C=O) groups is 1. The smallest absolute Gasteiger partial charge is 0.330 e. The lowest BCUT2D eigenvalue weighted by molar-refractivity contribution is -0.276. The second-order valence-corrected chi connectivity index (χ2v) is 20.3. The fourth-order valence-electron chi connectivity index (χ4n) is 10.6. The van der Waals surface area contributed by atoms with E-state index in [1.165, 1.54) is 6.08 Å². The summed E-state index contributed by atoms with van der Waals surface area (Å²) in [6, 6.07) is 0. The van der Waals surface area contributed by atoms with Gasteiger partial charge in [-0.1, -0.05) is 94.3 Å². The number of oxazole rings is 2. The number of nitrogens with zero attached hydrogens (tertiary/aromatic N) is 2. The van der Waals surface area contributed by atoms with E-state index < -0.39 is 48.4 Å². The maximum absolute atomic E-state index is 13.5. The molecule has 0 unspecified atom stereocenters. The van der Waals surface area contributed by atoms with Crippen LogP contribution in [-0.4, -0.2) is 99.8 Å². The number of carbonyl (C=O) groups excluding carboxylic acids is 1. The van der Waals surface area contributed by atoms with Crippen molar-refractivity contribution in [1.82, 2.24) is 9.97 Å². The van der Waals surface area contributed by atoms with Gasteiger partial charge in [0.15, 0.2) is 11.7 Å². The van der Waals surface area contributed by atoms with Gasteiger partial charge in [0.2, 0.25) is 5.89 Å². The number of rotatable bonds is 11. The summed E-state index contributed by atoms with van der Waals surface area (Å²) in [4.78, 5) is 23.0. The number of esters is 1. The first-order chi connectivity index (χ1) is 32.5. The molecular formula is C54H73BN2O11. The summed E-state index contributed by atoms with van der Waals surface area (Å²) < 4.78 is 44.1. The average Bonchev–Trinajstić information content (AvgIpc) is 3.93. The van der Waals surface area contributed by atoms with Gasteiger partial charge in [-0.15, -0.1) is 0 Å². The molecule has 2 aromatic rings. The first-order valence-electron chi connectivity index (χ1n) is 24.8. The predicted molar refractivity (Wildman–Crippen MR) is 260 cm³/mol. The quantitative estimate of drug-likeness (QED) is 0.0842. The summed E-state index contributed by atoms with van der Waals surface area (Å²) in [6.07, 6.45) is 24.1. The van der Waals surface area contributed by atoms with Crippen molar-refractivity contribution < 1.29 is 52.6 Å². The summed E-state index contributed by atoms with van der Waals surface area (Å²) in [5.41, 5.74) is 4.03. The van der Waals surface area contributed by atoms with Gasteiger partial charge in [-0.3, -0.25) is 0 Å². The highest BCUT2D eigenvalue weighted by molar-refractivity contribution is 6.09. The van der Waals surface area contributed by atoms with E-state index in [1.807, 2.05) is 71.1 Å². The van der Waals surface area contributed by atoms with Crippen molar-refractivity contribution in [3.05, 3.63) is 108 Å². The van der Waals surface area contributed by atoms with Crippen molar-refractivity contribution in [3.8, 4) is 0 Å². The molecule has 8 bridgehead atoms. The summed E-state index contributed by atoms with van der Waals surface area (Å²) >= 11 is 0. The van der Waals surface area contributed by atoms with Gasteiger partial charge >= 0.3 is 5.97 Å². The van der Waals surface area contributed by atoms with E-state index in [0.29, 0.717) is 93.2 Å². The number of ether oxygens (including phenoxy) is 5. The fourth-order valence-corrected chi connectivity index (χ4v) is 10.6. The van der Waals surface area contributed by atoms with Gasteiger partial charge in [0, 0.05) is 37.2 Å². The Balaban J connectivity index is 1.05. The maximum Gasteiger partial charge on any atom is 0.330 e. The first-order valence-corrected chi connectivity index (χ1v) is 24.8. The monoisotopic (exact) mass is 937 g/mol. The predicted octanol–water partition coefficient (Wildman–Crippen LogP) is 9.23. The van der Waals surface area contributed by atoms with Gasteiger partial charge in [0.25, 0.3) is 0 Å². The third kappa shape index (κ3) is 14.2. The second kappa shape index (κ2) is 23.6. The maximum atomic E-state index is 13.5. The van der Waals surface area contributed by atoms with Crippen molar-refractivity contribution in [1.29, 1.82) is 0 Å². The molecule has 3 N–H and O–H groups in total. The lowest BCUT2D eigenvalue weighted by Crippen LogP contribution is -2.50. The summed E-state index contributed by atoms with van der Waals surface area (Å²) in [5, 5.41) is 33.8. The van der Waals surface area contributed by atoms with Gasteiger partial charge in [0.1, 0.15) is 36.1 Å². The molecule has 0 amide bonds. The van der Waals surface area contributed by atoms with E-state index in [1.54, 1.807) is 18.6 Å². The SMILES string of the molecule is [B]C/C=C/C[C@@H](C)/C=C/C(C)=C/[C@@H](O)[C@H]1C[C@@H](C)C[C@@](O)(Cc2nc(/C=C(\C)[C@@H]3O[C@@H]4C/C=C/c5nc(co5)[C@H]5C[C@H](O)C[C@@H](C[C@H]6CC(=C)C[C@H](C/C=C\C(=O)O[C@@H]([C@H]4C)[C@H]3C)O6)O5)co2)O1. The van der Waals surface area contributed by atoms with E-state index in [2.05, 4.69) is 25.7 Å². The van der Waals surface area contributed by atoms with Crippen molar-refractivity contribution in [2.75, 3.05) is 0 Å².